The molecule has 0 amide bonds. The molecule has 1 radical (unpaired) electrons. The molecule has 2 aromatic heterocycles. The standard InChI is InChI=1S/C12H8N2.C12H11O2P.Eu/c1-3-9-5-6-10-4-2-8-14-12(10)11(9)13-7-1;13-15(14,11-7-3-1-4-8-11)12-9-5-2-6-10-12;/h1-8H;1-10H,(H,13,14);. The summed E-state index contributed by atoms with van der Waals surface area (Å²) in [4.78, 5) is 18.7. The van der Waals surface area contributed by atoms with Crippen LogP contribution < -0.4 is 10.6 Å². The van der Waals surface area contributed by atoms with Gasteiger partial charge < -0.3 is 4.89 Å². The van der Waals surface area contributed by atoms with Crippen LogP contribution in [0, 0.1) is 49.4 Å². The van der Waals surface area contributed by atoms with E-state index in [9.17, 15) is 9.46 Å². The molecule has 3 aromatic carbocycles. The molecule has 0 aliphatic carbocycles. The number of benzene rings is 3. The Bertz CT molecular complexity index is 1200. The van der Waals surface area contributed by atoms with Gasteiger partial charge >= 0.3 is 0 Å². The van der Waals surface area contributed by atoms with E-state index in [2.05, 4.69) is 34.2 Å². The molecule has 149 valence electrons. The Hall–Kier alpha value is -1.75. The molecule has 0 spiro atoms. The van der Waals surface area contributed by atoms with Crippen LogP contribution in [0.4, 0.5) is 0 Å². The smallest absolute Gasteiger partial charge is 0.258 e. The minimum atomic E-state index is -3.40. The maximum absolute atomic E-state index is 12.2. The summed E-state index contributed by atoms with van der Waals surface area (Å²) in [7, 11) is -3.40. The van der Waals surface area contributed by atoms with Gasteiger partial charge in [-0.15, -0.1) is 0 Å². The normalized spacial score (nSPS) is 10.7. The van der Waals surface area contributed by atoms with Crippen LogP contribution in [-0.2, 0) is 4.57 Å². The van der Waals surface area contributed by atoms with Crippen LogP contribution in [-0.4, -0.2) is 14.9 Å². The molecule has 0 bridgehead atoms. The first-order chi connectivity index (χ1) is 14.2. The van der Waals surface area contributed by atoms with Crippen LogP contribution in [0.1, 0.15) is 0 Å². The van der Waals surface area contributed by atoms with Crippen molar-refractivity contribution < 1.29 is 58.8 Å². The Kier molecular flexibility index (Phi) is 8.04. The molecule has 5 rings (SSSR count). The molecule has 2 heterocycles. The van der Waals surface area contributed by atoms with Crippen molar-refractivity contribution in [3.63, 3.8) is 0 Å². The maximum Gasteiger partial charge on any atom is 0.258 e. The largest absolute Gasteiger partial charge is 0.338 e. The second-order valence-electron chi connectivity index (χ2n) is 6.46. The van der Waals surface area contributed by atoms with Crippen LogP contribution >= 0.6 is 7.37 Å². The number of pyridine rings is 2. The Morgan fingerprint density at radius 1 is 0.567 bits per heavy atom. The number of hydrogen-bond donors (Lipinski definition) is 1. The van der Waals surface area contributed by atoms with Crippen molar-refractivity contribution in [3.05, 3.63) is 109 Å². The van der Waals surface area contributed by atoms with Crippen molar-refractivity contribution in [1.82, 2.24) is 9.97 Å². The molecule has 30 heavy (non-hydrogen) atoms. The third kappa shape index (κ3) is 5.11. The predicted molar refractivity (Wildman–Crippen MR) is 119 cm³/mol. The molecule has 0 saturated heterocycles. The summed E-state index contributed by atoms with van der Waals surface area (Å²) in [5.41, 5.74) is 1.95. The van der Waals surface area contributed by atoms with E-state index in [-0.39, 0.29) is 49.4 Å². The zero-order chi connectivity index (χ0) is 20.1. The SMILES string of the molecule is O=P(O)(c1ccccc1)c1ccccc1.[Eu].c1cnc2c(c1)ccc1cccnc12. The Morgan fingerprint density at radius 2 is 0.967 bits per heavy atom. The third-order valence-electron chi connectivity index (χ3n) is 4.56. The van der Waals surface area contributed by atoms with E-state index < -0.39 is 7.37 Å². The molecular formula is C24H19EuN2O2P. The van der Waals surface area contributed by atoms with E-state index >= 15 is 0 Å². The van der Waals surface area contributed by atoms with Gasteiger partial charge in [0, 0.05) is 83.2 Å². The number of nitrogens with zero attached hydrogens (tertiary/aromatic N) is 2. The third-order valence-corrected chi connectivity index (χ3v) is 6.55. The minimum absolute atomic E-state index is 0. The van der Waals surface area contributed by atoms with E-state index in [0.717, 1.165) is 21.8 Å². The number of hydrogen-bond acceptors (Lipinski definition) is 3. The number of fused-ring (bicyclic) bond motifs is 3. The van der Waals surface area contributed by atoms with Crippen molar-refractivity contribution in [3.8, 4) is 0 Å². The summed E-state index contributed by atoms with van der Waals surface area (Å²) < 4.78 is 12.2. The molecule has 5 aromatic rings. The molecule has 1 N–H and O–H groups in total. The molecule has 0 aliphatic rings. The van der Waals surface area contributed by atoms with E-state index in [1.807, 2.05) is 24.3 Å². The minimum Gasteiger partial charge on any atom is -0.338 e. The molecule has 0 atom stereocenters. The Labute approximate surface area is 216 Å². The average molecular weight is 550 g/mol. The van der Waals surface area contributed by atoms with Crippen LogP contribution in [0.15, 0.2) is 109 Å². The van der Waals surface area contributed by atoms with Gasteiger partial charge in [-0.25, -0.2) is 0 Å². The van der Waals surface area contributed by atoms with Gasteiger partial charge in [0.15, 0.2) is 0 Å². The Morgan fingerprint density at radius 3 is 1.37 bits per heavy atom. The van der Waals surface area contributed by atoms with Gasteiger partial charge in [-0.2, -0.15) is 0 Å². The fourth-order valence-electron chi connectivity index (χ4n) is 3.09. The first kappa shape index (κ1) is 22.9. The monoisotopic (exact) mass is 551 g/mol. The van der Waals surface area contributed by atoms with Gasteiger partial charge in [-0.3, -0.25) is 14.5 Å². The average Bonchev–Trinajstić information content (AvgIpc) is 2.80. The summed E-state index contributed by atoms with van der Waals surface area (Å²) >= 11 is 0. The maximum atomic E-state index is 12.2. The van der Waals surface area contributed by atoms with E-state index in [1.165, 1.54) is 0 Å². The van der Waals surface area contributed by atoms with E-state index in [4.69, 9.17) is 0 Å². The van der Waals surface area contributed by atoms with Crippen molar-refractivity contribution >= 4 is 39.8 Å². The molecule has 0 saturated carbocycles. The summed E-state index contributed by atoms with van der Waals surface area (Å²) in [6.07, 6.45) is 3.60. The van der Waals surface area contributed by atoms with Gasteiger partial charge in [-0.1, -0.05) is 60.7 Å². The zero-order valence-corrected chi connectivity index (χ0v) is 19.3. The molecule has 0 unspecified atom stereocenters. The molecule has 0 aliphatic heterocycles. The summed E-state index contributed by atoms with van der Waals surface area (Å²) in [5, 5.41) is 3.21. The van der Waals surface area contributed by atoms with Gasteiger partial charge in [0.1, 0.15) is 0 Å². The second-order valence-corrected chi connectivity index (χ2v) is 8.65. The fraction of sp³-hybridized carbons (Fsp3) is 0. The van der Waals surface area contributed by atoms with E-state index in [0.29, 0.717) is 10.6 Å². The number of aromatic nitrogens is 2. The van der Waals surface area contributed by atoms with Crippen molar-refractivity contribution in [1.29, 1.82) is 0 Å². The summed E-state index contributed by atoms with van der Waals surface area (Å²) in [6.45, 7) is 0. The molecule has 6 heteroatoms. The van der Waals surface area contributed by atoms with Crippen molar-refractivity contribution in [2.75, 3.05) is 0 Å². The zero-order valence-electron chi connectivity index (χ0n) is 16.0. The van der Waals surface area contributed by atoms with Crippen LogP contribution in [0.3, 0.4) is 0 Å². The van der Waals surface area contributed by atoms with Gasteiger partial charge in [-0.05, 0) is 36.4 Å². The molecular weight excluding hydrogens is 531 g/mol. The predicted octanol–water partition coefficient (Wildman–Crippen LogP) is 4.69. The summed E-state index contributed by atoms with van der Waals surface area (Å²) in [6, 6.07) is 29.6. The number of rotatable bonds is 2. The van der Waals surface area contributed by atoms with Gasteiger partial charge in [0.25, 0.3) is 7.37 Å². The quantitative estimate of drug-likeness (QED) is 0.256. The van der Waals surface area contributed by atoms with Gasteiger partial charge in [0.2, 0.25) is 0 Å². The Balaban J connectivity index is 0.000000165. The van der Waals surface area contributed by atoms with Gasteiger partial charge in [0.05, 0.1) is 11.0 Å². The first-order valence-corrected chi connectivity index (χ1v) is 10.8. The van der Waals surface area contributed by atoms with Crippen molar-refractivity contribution in [2.45, 2.75) is 0 Å². The van der Waals surface area contributed by atoms with E-state index in [1.54, 1.807) is 60.9 Å². The molecule has 0 fully saturated rings. The molecule has 4 nitrogen and oxygen atoms in total. The van der Waals surface area contributed by atoms with Crippen LogP contribution in [0.5, 0.6) is 0 Å². The first-order valence-electron chi connectivity index (χ1n) is 9.19. The fourth-order valence-corrected chi connectivity index (χ4v) is 4.54. The topological polar surface area (TPSA) is 63.1 Å². The second kappa shape index (κ2) is 10.5. The van der Waals surface area contributed by atoms with Crippen molar-refractivity contribution in [2.24, 2.45) is 0 Å². The summed E-state index contributed by atoms with van der Waals surface area (Å²) in [5.74, 6) is 0. The van der Waals surface area contributed by atoms with Crippen LogP contribution in [0.25, 0.3) is 21.8 Å². The van der Waals surface area contributed by atoms with Crippen LogP contribution in [0.2, 0.25) is 0 Å².